The standard InChI is InChI=1S/C22H23NO3.C4H4O4/c1-23(2)13-5-8-19-18-7-4-3-6-17(18)15-26-21-11-9-16(14-20(19)21)10-12-22(24)25;5-3(6)1-2-4(7)8/h3-4,6-12,14H,5,13,15H2,1-2H3,(H,24,25);1-2H,(H,5,6)(H,7,8)/b12-10+,19-8-;2-1+. The number of hydrogen-bond donors (Lipinski definition) is 3. The molecule has 0 amide bonds. The second-order valence-electron chi connectivity index (χ2n) is 7.59. The minimum absolute atomic E-state index is 0.526. The van der Waals surface area contributed by atoms with Crippen molar-refractivity contribution in [1.29, 1.82) is 0 Å². The topological polar surface area (TPSA) is 124 Å². The van der Waals surface area contributed by atoms with E-state index in [0.717, 1.165) is 47.1 Å². The Labute approximate surface area is 197 Å². The Bertz CT molecular complexity index is 1110. The molecule has 178 valence electrons. The summed E-state index contributed by atoms with van der Waals surface area (Å²) in [4.78, 5) is 32.1. The minimum Gasteiger partial charge on any atom is -0.488 e. The third-order valence-corrected chi connectivity index (χ3v) is 4.70. The van der Waals surface area contributed by atoms with Crippen LogP contribution in [0, 0.1) is 0 Å². The molecule has 0 unspecified atom stereocenters. The fourth-order valence-corrected chi connectivity index (χ4v) is 3.19. The zero-order chi connectivity index (χ0) is 25.1. The molecule has 0 bridgehead atoms. The number of nitrogens with zero attached hydrogens (tertiary/aromatic N) is 1. The molecule has 0 aliphatic carbocycles. The summed E-state index contributed by atoms with van der Waals surface area (Å²) in [5, 5.41) is 24.5. The molecule has 0 fully saturated rings. The SMILES string of the molecule is CN(C)CC/C=C1/c2ccccc2COc2ccc(/C=C/C(=O)O)cc21.O=C(O)/C=C/C(=O)O. The number of carboxylic acids is 3. The van der Waals surface area contributed by atoms with Gasteiger partial charge in [-0.05, 0) is 61.0 Å². The van der Waals surface area contributed by atoms with Crippen LogP contribution in [-0.4, -0.2) is 58.8 Å². The molecule has 0 saturated heterocycles. The van der Waals surface area contributed by atoms with Crippen LogP contribution in [0.2, 0.25) is 0 Å². The predicted molar refractivity (Wildman–Crippen MR) is 129 cm³/mol. The molecule has 0 spiro atoms. The summed E-state index contributed by atoms with van der Waals surface area (Å²) in [5.41, 5.74) is 5.31. The molecular weight excluding hydrogens is 438 g/mol. The quantitative estimate of drug-likeness (QED) is 0.528. The molecule has 8 nitrogen and oxygen atoms in total. The Morgan fingerprint density at radius 3 is 2.18 bits per heavy atom. The molecule has 0 saturated carbocycles. The molecule has 3 rings (SSSR count). The number of ether oxygens (including phenoxy) is 1. The summed E-state index contributed by atoms with van der Waals surface area (Å²) in [6.45, 7) is 1.49. The maximum Gasteiger partial charge on any atom is 0.328 e. The van der Waals surface area contributed by atoms with Gasteiger partial charge in [0.25, 0.3) is 0 Å². The van der Waals surface area contributed by atoms with Crippen molar-refractivity contribution in [2.45, 2.75) is 13.0 Å². The number of hydrogen-bond acceptors (Lipinski definition) is 5. The van der Waals surface area contributed by atoms with Crippen LogP contribution in [0.15, 0.2) is 66.8 Å². The van der Waals surface area contributed by atoms with Crippen LogP contribution in [0.5, 0.6) is 5.75 Å². The van der Waals surface area contributed by atoms with Gasteiger partial charge >= 0.3 is 17.9 Å². The number of aliphatic carboxylic acids is 3. The van der Waals surface area contributed by atoms with Gasteiger partial charge in [0.1, 0.15) is 12.4 Å². The summed E-state index contributed by atoms with van der Waals surface area (Å²) in [7, 11) is 4.12. The van der Waals surface area contributed by atoms with Crippen LogP contribution < -0.4 is 4.74 Å². The third-order valence-electron chi connectivity index (χ3n) is 4.70. The number of benzene rings is 2. The Morgan fingerprint density at radius 1 is 0.912 bits per heavy atom. The van der Waals surface area contributed by atoms with Crippen molar-refractivity contribution in [3.63, 3.8) is 0 Å². The fraction of sp³-hybridized carbons (Fsp3) is 0.192. The maximum absolute atomic E-state index is 10.8. The van der Waals surface area contributed by atoms with E-state index in [-0.39, 0.29) is 0 Å². The van der Waals surface area contributed by atoms with Crippen molar-refractivity contribution in [2.24, 2.45) is 0 Å². The summed E-state index contributed by atoms with van der Waals surface area (Å²) in [6, 6.07) is 14.1. The monoisotopic (exact) mass is 465 g/mol. The lowest BCUT2D eigenvalue weighted by molar-refractivity contribution is -0.134. The summed E-state index contributed by atoms with van der Waals surface area (Å²) in [5.74, 6) is -2.65. The van der Waals surface area contributed by atoms with Crippen LogP contribution in [-0.2, 0) is 21.0 Å². The summed E-state index contributed by atoms with van der Waals surface area (Å²) >= 11 is 0. The van der Waals surface area contributed by atoms with Crippen molar-refractivity contribution in [1.82, 2.24) is 4.90 Å². The zero-order valence-electron chi connectivity index (χ0n) is 19.0. The van der Waals surface area contributed by atoms with Crippen LogP contribution >= 0.6 is 0 Å². The second kappa shape index (κ2) is 12.8. The lowest BCUT2D eigenvalue weighted by Crippen LogP contribution is -2.12. The van der Waals surface area contributed by atoms with Gasteiger partial charge < -0.3 is 25.0 Å². The molecule has 34 heavy (non-hydrogen) atoms. The van der Waals surface area contributed by atoms with E-state index in [1.54, 1.807) is 6.08 Å². The van der Waals surface area contributed by atoms with Crippen LogP contribution in [0.4, 0.5) is 0 Å². The van der Waals surface area contributed by atoms with E-state index in [0.29, 0.717) is 18.8 Å². The van der Waals surface area contributed by atoms with E-state index in [2.05, 4.69) is 37.2 Å². The highest BCUT2D eigenvalue weighted by Crippen LogP contribution is 2.37. The van der Waals surface area contributed by atoms with E-state index in [1.165, 1.54) is 5.56 Å². The highest BCUT2D eigenvalue weighted by Gasteiger charge is 2.19. The molecule has 2 aromatic rings. The van der Waals surface area contributed by atoms with Gasteiger partial charge in [0.2, 0.25) is 0 Å². The third kappa shape index (κ3) is 8.40. The van der Waals surface area contributed by atoms with Gasteiger partial charge in [0.05, 0.1) is 0 Å². The first-order chi connectivity index (χ1) is 16.2. The summed E-state index contributed by atoms with van der Waals surface area (Å²) in [6.07, 6.45) is 7.05. The first-order valence-electron chi connectivity index (χ1n) is 10.4. The first-order valence-corrected chi connectivity index (χ1v) is 10.4. The second-order valence-corrected chi connectivity index (χ2v) is 7.59. The Hall–Kier alpha value is -4.17. The van der Waals surface area contributed by atoms with Crippen LogP contribution in [0.25, 0.3) is 11.6 Å². The molecule has 0 atom stereocenters. The number of carbonyl (C=O) groups is 3. The van der Waals surface area contributed by atoms with E-state index in [9.17, 15) is 14.4 Å². The van der Waals surface area contributed by atoms with E-state index < -0.39 is 17.9 Å². The average molecular weight is 466 g/mol. The Kier molecular flexibility index (Phi) is 9.79. The van der Waals surface area contributed by atoms with Crippen molar-refractivity contribution in [3.8, 4) is 5.75 Å². The number of rotatable bonds is 7. The highest BCUT2D eigenvalue weighted by molar-refractivity contribution is 5.90. The molecule has 3 N–H and O–H groups in total. The van der Waals surface area contributed by atoms with Gasteiger partial charge in [-0.15, -0.1) is 0 Å². The normalized spacial score (nSPS) is 13.6. The number of fused-ring (bicyclic) bond motifs is 2. The Balaban J connectivity index is 0.000000440. The molecule has 8 heteroatoms. The molecule has 2 aromatic carbocycles. The maximum atomic E-state index is 10.8. The Morgan fingerprint density at radius 2 is 1.56 bits per heavy atom. The molecule has 0 aromatic heterocycles. The smallest absolute Gasteiger partial charge is 0.328 e. The van der Waals surface area contributed by atoms with Crippen molar-refractivity contribution < 1.29 is 34.4 Å². The van der Waals surface area contributed by atoms with Gasteiger partial charge in [0, 0.05) is 30.3 Å². The van der Waals surface area contributed by atoms with Crippen molar-refractivity contribution in [3.05, 3.63) is 89.0 Å². The van der Waals surface area contributed by atoms with Crippen molar-refractivity contribution in [2.75, 3.05) is 20.6 Å². The lowest BCUT2D eigenvalue weighted by atomic mass is 9.92. The zero-order valence-corrected chi connectivity index (χ0v) is 19.0. The van der Waals surface area contributed by atoms with E-state index in [1.807, 2.05) is 30.3 Å². The average Bonchev–Trinajstić information content (AvgIpc) is 2.93. The van der Waals surface area contributed by atoms with Gasteiger partial charge in [-0.2, -0.15) is 0 Å². The summed E-state index contributed by atoms with van der Waals surface area (Å²) < 4.78 is 6.02. The molecule has 1 aliphatic heterocycles. The highest BCUT2D eigenvalue weighted by atomic mass is 16.5. The van der Waals surface area contributed by atoms with Gasteiger partial charge in [-0.3, -0.25) is 0 Å². The van der Waals surface area contributed by atoms with Crippen LogP contribution in [0.1, 0.15) is 28.7 Å². The van der Waals surface area contributed by atoms with Crippen LogP contribution in [0.3, 0.4) is 0 Å². The van der Waals surface area contributed by atoms with E-state index in [4.69, 9.17) is 20.1 Å². The molecular formula is C26H27NO7. The lowest BCUT2D eigenvalue weighted by Gasteiger charge is -2.13. The molecule has 1 heterocycles. The van der Waals surface area contributed by atoms with Crippen molar-refractivity contribution >= 4 is 29.6 Å². The van der Waals surface area contributed by atoms with Gasteiger partial charge in [0.15, 0.2) is 0 Å². The first kappa shape index (κ1) is 26.1. The minimum atomic E-state index is -1.26. The van der Waals surface area contributed by atoms with E-state index >= 15 is 0 Å². The predicted octanol–water partition coefficient (Wildman–Crippen LogP) is 3.77. The van der Waals surface area contributed by atoms with Gasteiger partial charge in [-0.25, -0.2) is 14.4 Å². The fourth-order valence-electron chi connectivity index (χ4n) is 3.19. The molecule has 1 aliphatic rings. The number of carboxylic acid groups (broad SMARTS) is 3. The largest absolute Gasteiger partial charge is 0.488 e. The van der Waals surface area contributed by atoms with Gasteiger partial charge in [-0.1, -0.05) is 36.4 Å². The molecule has 0 radical (unpaired) electrons.